The van der Waals surface area contributed by atoms with Crippen molar-refractivity contribution in [3.05, 3.63) is 54.1 Å². The predicted octanol–water partition coefficient (Wildman–Crippen LogP) is 3.49. The molecule has 0 aliphatic carbocycles. The van der Waals surface area contributed by atoms with Crippen molar-refractivity contribution in [3.63, 3.8) is 0 Å². The van der Waals surface area contributed by atoms with Crippen molar-refractivity contribution in [3.8, 4) is 5.75 Å². The van der Waals surface area contributed by atoms with Crippen LogP contribution in [0.3, 0.4) is 0 Å². The molecule has 1 aliphatic rings. The molecule has 2 N–H and O–H groups in total. The van der Waals surface area contributed by atoms with Crippen molar-refractivity contribution in [2.75, 3.05) is 24.8 Å². The van der Waals surface area contributed by atoms with E-state index in [0.29, 0.717) is 0 Å². The average Bonchev–Trinajstić information content (AvgIpc) is 2.55. The summed E-state index contributed by atoms with van der Waals surface area (Å²) in [5, 5.41) is 13.6. The zero-order valence-corrected chi connectivity index (χ0v) is 12.8. The van der Waals surface area contributed by atoms with Gasteiger partial charge in [-0.25, -0.2) is 0 Å². The van der Waals surface area contributed by atoms with Crippen molar-refractivity contribution in [1.29, 1.82) is 0 Å². The van der Waals surface area contributed by atoms with E-state index in [1.54, 1.807) is 7.11 Å². The molecular weight excluding hydrogens is 282 g/mol. The number of fused-ring (bicyclic) bond motifs is 1. The van der Waals surface area contributed by atoms with Gasteiger partial charge < -0.3 is 15.2 Å². The molecule has 0 saturated carbocycles. The molecule has 110 valence electrons. The molecular formula is C17H19NO2S. The zero-order valence-electron chi connectivity index (χ0n) is 12.0. The first-order valence-electron chi connectivity index (χ1n) is 7.03. The number of anilines is 1. The van der Waals surface area contributed by atoms with Crippen molar-refractivity contribution in [1.82, 2.24) is 0 Å². The predicted molar refractivity (Wildman–Crippen MR) is 87.2 cm³/mol. The van der Waals surface area contributed by atoms with Gasteiger partial charge in [-0.05, 0) is 30.2 Å². The maximum absolute atomic E-state index is 10.1. The van der Waals surface area contributed by atoms with Gasteiger partial charge in [0.25, 0.3) is 0 Å². The highest BCUT2D eigenvalue weighted by molar-refractivity contribution is 7.99. The lowest BCUT2D eigenvalue weighted by molar-refractivity contribution is 0.204. The minimum absolute atomic E-state index is 0.0582. The van der Waals surface area contributed by atoms with Gasteiger partial charge in [-0.2, -0.15) is 0 Å². The van der Waals surface area contributed by atoms with Crippen LogP contribution in [-0.4, -0.2) is 24.6 Å². The standard InChI is InChI=1S/C17H19NO2S/c1-20-15-8-4-3-7-14(15)18-17(12-19)10-11-21-16-9-5-2-6-13(16)17/h2-9,18-19H,10-12H2,1H3. The van der Waals surface area contributed by atoms with Gasteiger partial charge in [-0.15, -0.1) is 11.8 Å². The second-order valence-corrected chi connectivity index (χ2v) is 6.30. The number of hydrogen-bond acceptors (Lipinski definition) is 4. The fraction of sp³-hybridized carbons (Fsp3) is 0.294. The first-order chi connectivity index (χ1) is 10.3. The molecule has 0 spiro atoms. The van der Waals surface area contributed by atoms with Gasteiger partial charge in [-0.1, -0.05) is 30.3 Å². The lowest BCUT2D eigenvalue weighted by Crippen LogP contribution is -2.42. The number of nitrogens with one attached hydrogen (secondary N) is 1. The van der Waals surface area contributed by atoms with Crippen LogP contribution < -0.4 is 10.1 Å². The largest absolute Gasteiger partial charge is 0.495 e. The Bertz CT molecular complexity index is 632. The Balaban J connectivity index is 2.02. The number of methoxy groups -OCH3 is 1. The molecule has 0 amide bonds. The summed E-state index contributed by atoms with van der Waals surface area (Å²) in [4.78, 5) is 1.24. The summed E-state index contributed by atoms with van der Waals surface area (Å²) in [7, 11) is 1.66. The Kier molecular flexibility index (Phi) is 4.08. The minimum Gasteiger partial charge on any atom is -0.495 e. The highest BCUT2D eigenvalue weighted by atomic mass is 32.2. The number of rotatable bonds is 4. The summed E-state index contributed by atoms with van der Waals surface area (Å²) in [6.07, 6.45) is 0.878. The number of aliphatic hydroxyl groups is 1. The second kappa shape index (κ2) is 6.00. The maximum atomic E-state index is 10.1. The van der Waals surface area contributed by atoms with Gasteiger partial charge in [0, 0.05) is 10.6 Å². The molecule has 21 heavy (non-hydrogen) atoms. The summed E-state index contributed by atoms with van der Waals surface area (Å²) < 4.78 is 5.41. The highest BCUT2D eigenvalue weighted by Gasteiger charge is 2.36. The first kappa shape index (κ1) is 14.3. The molecule has 2 aromatic rings. The Hall–Kier alpha value is -1.65. The third-order valence-electron chi connectivity index (χ3n) is 3.94. The molecule has 0 bridgehead atoms. The third kappa shape index (κ3) is 2.61. The van der Waals surface area contributed by atoms with Crippen LogP contribution in [-0.2, 0) is 5.54 Å². The van der Waals surface area contributed by atoms with Crippen molar-refractivity contribution >= 4 is 17.4 Å². The third-order valence-corrected chi connectivity index (χ3v) is 5.02. The number of benzene rings is 2. The molecule has 4 heteroatoms. The molecule has 0 saturated heterocycles. The van der Waals surface area contributed by atoms with E-state index in [-0.39, 0.29) is 6.61 Å². The monoisotopic (exact) mass is 301 g/mol. The van der Waals surface area contributed by atoms with Crippen LogP contribution in [0.15, 0.2) is 53.4 Å². The fourth-order valence-electron chi connectivity index (χ4n) is 2.80. The minimum atomic E-state index is -0.448. The molecule has 2 aromatic carbocycles. The summed E-state index contributed by atoms with van der Waals surface area (Å²) in [5.74, 6) is 1.78. The topological polar surface area (TPSA) is 41.5 Å². The second-order valence-electron chi connectivity index (χ2n) is 5.16. The lowest BCUT2D eigenvalue weighted by Gasteiger charge is -2.39. The van der Waals surface area contributed by atoms with E-state index in [4.69, 9.17) is 4.74 Å². The van der Waals surface area contributed by atoms with Gasteiger partial charge in [-0.3, -0.25) is 0 Å². The first-order valence-corrected chi connectivity index (χ1v) is 8.02. The van der Waals surface area contributed by atoms with Gasteiger partial charge in [0.15, 0.2) is 0 Å². The Morgan fingerprint density at radius 3 is 2.76 bits per heavy atom. The van der Waals surface area contributed by atoms with Crippen LogP contribution >= 0.6 is 11.8 Å². The van der Waals surface area contributed by atoms with E-state index in [1.165, 1.54) is 4.90 Å². The number of ether oxygens (including phenoxy) is 1. The van der Waals surface area contributed by atoms with Crippen LogP contribution in [0, 0.1) is 0 Å². The number of aliphatic hydroxyl groups excluding tert-OH is 1. The van der Waals surface area contributed by atoms with Crippen LogP contribution in [0.5, 0.6) is 5.75 Å². The molecule has 0 aromatic heterocycles. The molecule has 1 aliphatic heterocycles. The van der Waals surface area contributed by atoms with Crippen LogP contribution in [0.1, 0.15) is 12.0 Å². The lowest BCUT2D eigenvalue weighted by atomic mass is 9.87. The smallest absolute Gasteiger partial charge is 0.141 e. The SMILES string of the molecule is COc1ccccc1NC1(CO)CCSc2ccccc21. The molecule has 1 heterocycles. The molecule has 3 nitrogen and oxygen atoms in total. The van der Waals surface area contributed by atoms with E-state index in [0.717, 1.165) is 29.2 Å². The summed E-state index contributed by atoms with van der Waals surface area (Å²) >= 11 is 1.84. The van der Waals surface area contributed by atoms with Crippen molar-refractivity contribution in [2.24, 2.45) is 0 Å². The molecule has 1 unspecified atom stereocenters. The summed E-state index contributed by atoms with van der Waals surface area (Å²) in [6, 6.07) is 16.1. The number of hydrogen-bond donors (Lipinski definition) is 2. The van der Waals surface area contributed by atoms with Gasteiger partial charge >= 0.3 is 0 Å². The normalized spacial score (nSPS) is 20.7. The van der Waals surface area contributed by atoms with Crippen molar-refractivity contribution < 1.29 is 9.84 Å². The summed E-state index contributed by atoms with van der Waals surface area (Å²) in [6.45, 7) is 0.0582. The van der Waals surface area contributed by atoms with Crippen molar-refractivity contribution in [2.45, 2.75) is 16.9 Å². The average molecular weight is 301 g/mol. The molecule has 0 fully saturated rings. The van der Waals surface area contributed by atoms with Gasteiger partial charge in [0.2, 0.25) is 0 Å². The van der Waals surface area contributed by atoms with Gasteiger partial charge in [0.05, 0.1) is 24.9 Å². The van der Waals surface area contributed by atoms with E-state index < -0.39 is 5.54 Å². The quantitative estimate of drug-likeness (QED) is 0.907. The highest BCUT2D eigenvalue weighted by Crippen LogP contribution is 2.43. The number of para-hydroxylation sites is 2. The van der Waals surface area contributed by atoms with Crippen LogP contribution in [0.2, 0.25) is 0 Å². The Morgan fingerprint density at radius 2 is 1.95 bits per heavy atom. The van der Waals surface area contributed by atoms with E-state index in [2.05, 4.69) is 17.4 Å². The Labute approximate surface area is 129 Å². The van der Waals surface area contributed by atoms with Crippen LogP contribution in [0.4, 0.5) is 5.69 Å². The fourth-order valence-corrected chi connectivity index (χ4v) is 4.06. The molecule has 1 atom stereocenters. The zero-order chi connectivity index (χ0) is 14.7. The van der Waals surface area contributed by atoms with Crippen LogP contribution in [0.25, 0.3) is 0 Å². The molecule has 3 rings (SSSR count). The number of thioether (sulfide) groups is 1. The maximum Gasteiger partial charge on any atom is 0.141 e. The van der Waals surface area contributed by atoms with E-state index in [9.17, 15) is 5.11 Å². The summed E-state index contributed by atoms with van der Waals surface area (Å²) in [5.41, 5.74) is 1.63. The van der Waals surface area contributed by atoms with E-state index in [1.807, 2.05) is 48.2 Å². The molecule has 0 radical (unpaired) electrons. The van der Waals surface area contributed by atoms with Gasteiger partial charge in [0.1, 0.15) is 5.75 Å². The van der Waals surface area contributed by atoms with E-state index >= 15 is 0 Å². The Morgan fingerprint density at radius 1 is 1.19 bits per heavy atom.